The van der Waals surface area contributed by atoms with Crippen LogP contribution in [-0.4, -0.2) is 30.3 Å². The lowest BCUT2D eigenvalue weighted by atomic mass is 10.1. The van der Waals surface area contributed by atoms with Crippen LogP contribution in [0.4, 0.5) is 11.5 Å². The number of anilines is 2. The van der Waals surface area contributed by atoms with Crippen LogP contribution in [0.3, 0.4) is 0 Å². The summed E-state index contributed by atoms with van der Waals surface area (Å²) < 4.78 is 11.4. The zero-order valence-electron chi connectivity index (χ0n) is 13.5. The molecule has 6 nitrogen and oxygen atoms in total. The third-order valence-corrected chi connectivity index (χ3v) is 4.13. The van der Waals surface area contributed by atoms with E-state index in [0.29, 0.717) is 22.4 Å². The molecule has 128 valence electrons. The molecule has 0 saturated heterocycles. The van der Waals surface area contributed by atoms with E-state index in [0.717, 1.165) is 10.2 Å². The van der Waals surface area contributed by atoms with Gasteiger partial charge in [0.25, 0.3) is 0 Å². The van der Waals surface area contributed by atoms with Crippen molar-refractivity contribution in [1.82, 2.24) is 4.98 Å². The maximum atomic E-state index is 11.7. The Morgan fingerprint density at radius 1 is 1.12 bits per heavy atom. The normalized spacial score (nSPS) is 10.5. The molecule has 0 bridgehead atoms. The Labute approximate surface area is 152 Å². The number of fused-ring (bicyclic) bond motifs is 1. The van der Waals surface area contributed by atoms with Crippen molar-refractivity contribution in [3.05, 3.63) is 52.5 Å². The Bertz CT molecular complexity index is 959. The SMILES string of the molecule is COc1cc2cc(C(=O)O)c(Nc3cccc(Br)c3)nc2cc1OC. The molecule has 0 atom stereocenters. The van der Waals surface area contributed by atoms with E-state index < -0.39 is 5.97 Å². The van der Waals surface area contributed by atoms with Crippen LogP contribution >= 0.6 is 15.9 Å². The van der Waals surface area contributed by atoms with Crippen molar-refractivity contribution in [1.29, 1.82) is 0 Å². The van der Waals surface area contributed by atoms with Gasteiger partial charge in [0.15, 0.2) is 11.5 Å². The quantitative estimate of drug-likeness (QED) is 0.655. The van der Waals surface area contributed by atoms with Gasteiger partial charge in [-0.05, 0) is 30.3 Å². The highest BCUT2D eigenvalue weighted by molar-refractivity contribution is 9.10. The van der Waals surface area contributed by atoms with E-state index >= 15 is 0 Å². The molecule has 3 rings (SSSR count). The summed E-state index contributed by atoms with van der Waals surface area (Å²) >= 11 is 3.39. The van der Waals surface area contributed by atoms with Crippen LogP contribution in [0.5, 0.6) is 11.5 Å². The molecule has 2 N–H and O–H groups in total. The molecule has 0 amide bonds. The lowest BCUT2D eigenvalue weighted by Gasteiger charge is -2.13. The molecule has 0 saturated carbocycles. The van der Waals surface area contributed by atoms with Crippen molar-refractivity contribution >= 4 is 44.3 Å². The smallest absolute Gasteiger partial charge is 0.339 e. The maximum absolute atomic E-state index is 11.7. The molecule has 7 heteroatoms. The lowest BCUT2D eigenvalue weighted by molar-refractivity contribution is 0.0698. The molecule has 0 spiro atoms. The second-order valence-corrected chi connectivity index (χ2v) is 6.14. The number of nitrogens with zero attached hydrogens (tertiary/aromatic N) is 1. The summed E-state index contributed by atoms with van der Waals surface area (Å²) in [5.41, 5.74) is 1.39. The van der Waals surface area contributed by atoms with Crippen LogP contribution < -0.4 is 14.8 Å². The zero-order valence-corrected chi connectivity index (χ0v) is 15.1. The molecule has 25 heavy (non-hydrogen) atoms. The third kappa shape index (κ3) is 3.51. The van der Waals surface area contributed by atoms with Crippen LogP contribution in [0.25, 0.3) is 10.9 Å². The fourth-order valence-electron chi connectivity index (χ4n) is 2.46. The van der Waals surface area contributed by atoms with Crippen molar-refractivity contribution in [2.45, 2.75) is 0 Å². The molecule has 0 aliphatic carbocycles. The highest BCUT2D eigenvalue weighted by atomic mass is 79.9. The van der Waals surface area contributed by atoms with Gasteiger partial charge in [-0.2, -0.15) is 0 Å². The van der Waals surface area contributed by atoms with E-state index in [1.165, 1.54) is 14.2 Å². The minimum Gasteiger partial charge on any atom is -0.493 e. The summed E-state index contributed by atoms with van der Waals surface area (Å²) in [6.45, 7) is 0. The van der Waals surface area contributed by atoms with Crippen LogP contribution in [0, 0.1) is 0 Å². The minimum absolute atomic E-state index is 0.0692. The number of methoxy groups -OCH3 is 2. The van der Waals surface area contributed by atoms with Gasteiger partial charge < -0.3 is 19.9 Å². The monoisotopic (exact) mass is 402 g/mol. The third-order valence-electron chi connectivity index (χ3n) is 3.64. The number of aromatic carboxylic acids is 1. The zero-order chi connectivity index (χ0) is 18.0. The summed E-state index contributed by atoms with van der Waals surface area (Å²) in [4.78, 5) is 16.1. The van der Waals surface area contributed by atoms with Gasteiger partial charge in [-0.1, -0.05) is 22.0 Å². The number of halogens is 1. The van der Waals surface area contributed by atoms with E-state index in [2.05, 4.69) is 26.2 Å². The first kappa shape index (κ1) is 17.0. The predicted octanol–water partition coefficient (Wildman–Crippen LogP) is 4.46. The van der Waals surface area contributed by atoms with Crippen LogP contribution in [0.2, 0.25) is 0 Å². The Morgan fingerprint density at radius 3 is 2.48 bits per heavy atom. The van der Waals surface area contributed by atoms with Crippen molar-refractivity contribution in [2.75, 3.05) is 19.5 Å². The molecule has 0 aliphatic rings. The largest absolute Gasteiger partial charge is 0.493 e. The second-order valence-electron chi connectivity index (χ2n) is 5.22. The number of pyridine rings is 1. The number of carboxylic acids is 1. The molecule has 1 aromatic heterocycles. The van der Waals surface area contributed by atoms with Gasteiger partial charge >= 0.3 is 5.97 Å². The average Bonchev–Trinajstić information content (AvgIpc) is 2.59. The number of rotatable bonds is 5. The van der Waals surface area contributed by atoms with Crippen molar-refractivity contribution in [3.8, 4) is 11.5 Å². The van der Waals surface area contributed by atoms with Crippen LogP contribution in [0.15, 0.2) is 46.9 Å². The summed E-state index contributed by atoms with van der Waals surface area (Å²) in [5.74, 6) is 0.229. The first-order valence-electron chi connectivity index (χ1n) is 7.34. The fourth-order valence-corrected chi connectivity index (χ4v) is 2.86. The standard InChI is InChI=1S/C18H15BrN2O4/c1-24-15-7-10-6-13(18(22)23)17(21-14(10)9-16(15)25-2)20-12-5-3-4-11(19)8-12/h3-9H,1-2H3,(H,20,21)(H,22,23). The van der Waals surface area contributed by atoms with Crippen LogP contribution in [0.1, 0.15) is 10.4 Å². The Balaban J connectivity index is 2.15. The molecule has 0 radical (unpaired) electrons. The molecule has 0 unspecified atom stereocenters. The molecule has 0 aliphatic heterocycles. The fraction of sp³-hybridized carbons (Fsp3) is 0.111. The van der Waals surface area contributed by atoms with Gasteiger partial charge in [0.1, 0.15) is 11.4 Å². The van der Waals surface area contributed by atoms with Gasteiger partial charge in [-0.3, -0.25) is 0 Å². The number of carboxylic acid groups (broad SMARTS) is 1. The highest BCUT2D eigenvalue weighted by Gasteiger charge is 2.16. The Morgan fingerprint density at radius 2 is 1.84 bits per heavy atom. The number of hydrogen-bond donors (Lipinski definition) is 2. The summed E-state index contributed by atoms with van der Waals surface area (Å²) in [5, 5.41) is 13.2. The van der Waals surface area contributed by atoms with Gasteiger partial charge in [0, 0.05) is 21.6 Å². The number of benzene rings is 2. The molecule has 0 fully saturated rings. The van der Waals surface area contributed by atoms with E-state index in [1.54, 1.807) is 18.2 Å². The number of ether oxygens (including phenoxy) is 2. The number of hydrogen-bond acceptors (Lipinski definition) is 5. The average molecular weight is 403 g/mol. The Hall–Kier alpha value is -2.80. The van der Waals surface area contributed by atoms with Gasteiger partial charge in [-0.25, -0.2) is 9.78 Å². The van der Waals surface area contributed by atoms with Gasteiger partial charge in [-0.15, -0.1) is 0 Å². The van der Waals surface area contributed by atoms with Crippen LogP contribution in [-0.2, 0) is 0 Å². The lowest BCUT2D eigenvalue weighted by Crippen LogP contribution is -2.05. The number of nitrogens with one attached hydrogen (secondary N) is 1. The Kier molecular flexibility index (Phi) is 4.76. The van der Waals surface area contributed by atoms with Crippen molar-refractivity contribution < 1.29 is 19.4 Å². The number of aromatic nitrogens is 1. The van der Waals surface area contributed by atoms with E-state index in [9.17, 15) is 9.90 Å². The topological polar surface area (TPSA) is 80.7 Å². The van der Waals surface area contributed by atoms with E-state index in [4.69, 9.17) is 9.47 Å². The summed E-state index contributed by atoms with van der Waals surface area (Å²) in [6, 6.07) is 12.4. The van der Waals surface area contributed by atoms with Crippen molar-refractivity contribution in [2.24, 2.45) is 0 Å². The first-order chi connectivity index (χ1) is 12.0. The molecule has 1 heterocycles. The molecular formula is C18H15BrN2O4. The van der Waals surface area contributed by atoms with Gasteiger partial charge in [0.05, 0.1) is 19.7 Å². The van der Waals surface area contributed by atoms with E-state index in [1.807, 2.05) is 24.3 Å². The first-order valence-corrected chi connectivity index (χ1v) is 8.14. The van der Waals surface area contributed by atoms with E-state index in [-0.39, 0.29) is 11.4 Å². The molecule has 2 aromatic carbocycles. The molecular weight excluding hydrogens is 388 g/mol. The number of carbonyl (C=O) groups is 1. The van der Waals surface area contributed by atoms with Gasteiger partial charge in [0.2, 0.25) is 0 Å². The van der Waals surface area contributed by atoms with Crippen molar-refractivity contribution in [3.63, 3.8) is 0 Å². The molecule has 3 aromatic rings. The predicted molar refractivity (Wildman–Crippen MR) is 99.2 cm³/mol. The highest BCUT2D eigenvalue weighted by Crippen LogP contribution is 2.33. The summed E-state index contributed by atoms with van der Waals surface area (Å²) in [7, 11) is 3.06. The summed E-state index contributed by atoms with van der Waals surface area (Å²) in [6.07, 6.45) is 0. The minimum atomic E-state index is -1.07. The maximum Gasteiger partial charge on any atom is 0.339 e. The second kappa shape index (κ2) is 6.98.